The van der Waals surface area contributed by atoms with Crippen LogP contribution in [0.3, 0.4) is 0 Å². The zero-order valence-corrected chi connectivity index (χ0v) is 21.6. The van der Waals surface area contributed by atoms with Crippen LogP contribution >= 0.6 is 0 Å². The van der Waals surface area contributed by atoms with Crippen LogP contribution in [0.25, 0.3) is 5.57 Å². The fraction of sp³-hybridized carbons (Fsp3) is 0.406. The second kappa shape index (κ2) is 9.88. The fourth-order valence-electron chi connectivity index (χ4n) is 6.26. The van der Waals surface area contributed by atoms with Crippen LogP contribution in [0.4, 0.5) is 0 Å². The van der Waals surface area contributed by atoms with Crippen molar-refractivity contribution in [1.82, 2.24) is 0 Å². The highest BCUT2D eigenvalue weighted by Crippen LogP contribution is 2.55. The molecule has 0 spiro atoms. The van der Waals surface area contributed by atoms with Crippen molar-refractivity contribution in [3.8, 4) is 0 Å². The normalized spacial score (nSPS) is 19.8. The standard InChI is InChI=1S/C32H38O2/c1-7-23-17-22(5)18-24(8-2)31(23)30(34-16-15-33)20-32(6)28(21(3)4)14-13-27-26-12-10-9-11-25(26)19-29(27)32/h9-15,17-18,30H,7-8,16,19-20H2,1-6H3. The van der Waals surface area contributed by atoms with Gasteiger partial charge in [-0.15, -0.1) is 0 Å². The van der Waals surface area contributed by atoms with E-state index < -0.39 is 0 Å². The average Bonchev–Trinajstić information content (AvgIpc) is 3.21. The molecule has 2 heteroatoms. The minimum absolute atomic E-state index is 0.118. The van der Waals surface area contributed by atoms with Gasteiger partial charge in [0.05, 0.1) is 6.10 Å². The van der Waals surface area contributed by atoms with Crippen LogP contribution in [-0.2, 0) is 28.8 Å². The molecule has 0 bridgehead atoms. The topological polar surface area (TPSA) is 26.3 Å². The maximum Gasteiger partial charge on any atom is 0.145 e. The third kappa shape index (κ3) is 4.25. The molecule has 2 nitrogen and oxygen atoms in total. The molecule has 0 aromatic heterocycles. The van der Waals surface area contributed by atoms with Crippen molar-refractivity contribution in [2.24, 2.45) is 5.41 Å². The van der Waals surface area contributed by atoms with E-state index in [1.54, 1.807) is 0 Å². The Kier molecular flexibility index (Phi) is 7.09. The average molecular weight is 455 g/mol. The van der Waals surface area contributed by atoms with E-state index in [9.17, 15) is 4.79 Å². The number of hydrogen-bond donors (Lipinski definition) is 0. The summed E-state index contributed by atoms with van der Waals surface area (Å²) in [4.78, 5) is 11.4. The van der Waals surface area contributed by atoms with Gasteiger partial charge in [-0.3, -0.25) is 0 Å². The molecular weight excluding hydrogens is 416 g/mol. The highest BCUT2D eigenvalue weighted by atomic mass is 16.5. The molecule has 0 N–H and O–H groups in total. The van der Waals surface area contributed by atoms with Crippen molar-refractivity contribution in [1.29, 1.82) is 0 Å². The first kappa shape index (κ1) is 24.4. The van der Waals surface area contributed by atoms with Crippen molar-refractivity contribution in [2.45, 2.75) is 73.3 Å². The quantitative estimate of drug-likeness (QED) is 0.382. The number of rotatable bonds is 8. The van der Waals surface area contributed by atoms with Crippen LogP contribution in [-0.4, -0.2) is 12.9 Å². The Hall–Kier alpha value is -2.71. The molecule has 0 heterocycles. The number of fused-ring (bicyclic) bond motifs is 2. The number of aldehydes is 1. The molecule has 0 amide bonds. The number of allylic oxidation sites excluding steroid dienone is 6. The van der Waals surface area contributed by atoms with Crippen LogP contribution in [0.5, 0.6) is 0 Å². The molecule has 178 valence electrons. The summed E-state index contributed by atoms with van der Waals surface area (Å²) in [5.41, 5.74) is 13.4. The summed E-state index contributed by atoms with van der Waals surface area (Å²) < 4.78 is 6.39. The molecule has 0 fully saturated rings. The molecule has 4 rings (SSSR count). The van der Waals surface area contributed by atoms with Gasteiger partial charge in [0.1, 0.15) is 12.9 Å². The van der Waals surface area contributed by atoms with Gasteiger partial charge in [0.15, 0.2) is 0 Å². The van der Waals surface area contributed by atoms with Gasteiger partial charge in [-0.05, 0) is 91.0 Å². The number of carbonyl (C=O) groups is 1. The lowest BCUT2D eigenvalue weighted by Crippen LogP contribution is -2.29. The van der Waals surface area contributed by atoms with Crippen molar-refractivity contribution >= 4 is 11.9 Å². The molecule has 2 unspecified atom stereocenters. The zero-order chi connectivity index (χ0) is 24.5. The third-order valence-electron chi connectivity index (χ3n) is 7.75. The molecular formula is C32H38O2. The van der Waals surface area contributed by atoms with E-state index in [0.717, 1.165) is 32.0 Å². The fourth-order valence-corrected chi connectivity index (χ4v) is 6.26. The SMILES string of the molecule is CCc1cc(C)cc(CC)c1C(CC1(C)C(=C(C)C)C=CC2=C1Cc1ccccc12)OCC=O. The number of ether oxygens (including phenoxy) is 1. The Balaban J connectivity index is 1.86. The highest BCUT2D eigenvalue weighted by molar-refractivity contribution is 5.86. The molecule has 2 atom stereocenters. The van der Waals surface area contributed by atoms with E-state index in [2.05, 4.69) is 90.1 Å². The number of benzene rings is 2. The Bertz CT molecular complexity index is 1160. The third-order valence-corrected chi connectivity index (χ3v) is 7.75. The van der Waals surface area contributed by atoms with Gasteiger partial charge in [0, 0.05) is 5.41 Å². The Morgan fingerprint density at radius 2 is 1.76 bits per heavy atom. The summed E-state index contributed by atoms with van der Waals surface area (Å²) in [5, 5.41) is 0. The molecule has 0 saturated carbocycles. The van der Waals surface area contributed by atoms with Crippen molar-refractivity contribution in [2.75, 3.05) is 6.61 Å². The smallest absolute Gasteiger partial charge is 0.145 e. The molecule has 2 aliphatic rings. The first-order chi connectivity index (χ1) is 16.3. The van der Waals surface area contributed by atoms with Crippen LogP contribution in [0.2, 0.25) is 0 Å². The van der Waals surface area contributed by atoms with Crippen LogP contribution in [0.15, 0.2) is 65.3 Å². The monoisotopic (exact) mass is 454 g/mol. The van der Waals surface area contributed by atoms with E-state index in [4.69, 9.17) is 4.74 Å². The summed E-state index contributed by atoms with van der Waals surface area (Å²) in [6.45, 7) is 13.5. The maximum atomic E-state index is 11.4. The lowest BCUT2D eigenvalue weighted by Gasteiger charge is -2.40. The highest BCUT2D eigenvalue weighted by Gasteiger charge is 2.42. The number of carbonyl (C=O) groups excluding carboxylic acids is 1. The van der Waals surface area contributed by atoms with Gasteiger partial charge < -0.3 is 9.53 Å². The maximum absolute atomic E-state index is 11.4. The summed E-state index contributed by atoms with van der Waals surface area (Å²) in [5.74, 6) is 0. The van der Waals surface area contributed by atoms with Gasteiger partial charge in [0.25, 0.3) is 0 Å². The van der Waals surface area contributed by atoms with E-state index >= 15 is 0 Å². The summed E-state index contributed by atoms with van der Waals surface area (Å²) in [6.07, 6.45) is 9.09. The van der Waals surface area contributed by atoms with Crippen molar-refractivity contribution in [3.63, 3.8) is 0 Å². The van der Waals surface area contributed by atoms with Gasteiger partial charge in [-0.1, -0.05) is 80.5 Å². The summed E-state index contributed by atoms with van der Waals surface area (Å²) in [6, 6.07) is 13.4. The first-order valence-corrected chi connectivity index (χ1v) is 12.7. The van der Waals surface area contributed by atoms with Crippen LogP contribution in [0, 0.1) is 12.3 Å². The largest absolute Gasteiger partial charge is 0.366 e. The Morgan fingerprint density at radius 1 is 1.09 bits per heavy atom. The summed E-state index contributed by atoms with van der Waals surface area (Å²) in [7, 11) is 0. The zero-order valence-electron chi connectivity index (χ0n) is 21.6. The lowest BCUT2D eigenvalue weighted by atomic mass is 9.65. The minimum atomic E-state index is -0.170. The minimum Gasteiger partial charge on any atom is -0.366 e. The first-order valence-electron chi connectivity index (χ1n) is 12.7. The lowest BCUT2D eigenvalue weighted by molar-refractivity contribution is -0.114. The molecule has 34 heavy (non-hydrogen) atoms. The van der Waals surface area contributed by atoms with Crippen molar-refractivity contribution < 1.29 is 9.53 Å². The van der Waals surface area contributed by atoms with E-state index in [1.165, 1.54) is 55.7 Å². The molecule has 0 aliphatic heterocycles. The Morgan fingerprint density at radius 3 is 2.38 bits per heavy atom. The van der Waals surface area contributed by atoms with E-state index in [-0.39, 0.29) is 18.1 Å². The van der Waals surface area contributed by atoms with E-state index in [0.29, 0.717) is 0 Å². The van der Waals surface area contributed by atoms with Crippen LogP contribution < -0.4 is 0 Å². The van der Waals surface area contributed by atoms with Gasteiger partial charge in [-0.2, -0.15) is 0 Å². The van der Waals surface area contributed by atoms with Gasteiger partial charge in [-0.25, -0.2) is 0 Å². The predicted molar refractivity (Wildman–Crippen MR) is 142 cm³/mol. The predicted octanol–water partition coefficient (Wildman–Crippen LogP) is 7.69. The molecule has 2 aliphatic carbocycles. The van der Waals surface area contributed by atoms with Crippen LogP contribution in [0.1, 0.15) is 80.5 Å². The molecule has 0 saturated heterocycles. The summed E-state index contributed by atoms with van der Waals surface area (Å²) >= 11 is 0. The number of hydrogen-bond acceptors (Lipinski definition) is 2. The van der Waals surface area contributed by atoms with Gasteiger partial charge >= 0.3 is 0 Å². The molecule has 0 radical (unpaired) electrons. The second-order valence-corrected chi connectivity index (χ2v) is 10.2. The molecule has 2 aromatic carbocycles. The van der Waals surface area contributed by atoms with Crippen molar-refractivity contribution in [3.05, 3.63) is 98.7 Å². The molecule has 2 aromatic rings. The Labute approximate surface area is 205 Å². The van der Waals surface area contributed by atoms with Gasteiger partial charge in [0.2, 0.25) is 0 Å². The second-order valence-electron chi connectivity index (χ2n) is 10.2. The van der Waals surface area contributed by atoms with E-state index in [1.807, 2.05) is 0 Å². The number of aryl methyl sites for hydroxylation is 3.